The molecule has 0 bridgehead atoms. The van der Waals surface area contributed by atoms with Gasteiger partial charge in [-0.05, 0) is 0 Å². The molecule has 0 aromatic heterocycles. The summed E-state index contributed by atoms with van der Waals surface area (Å²) in [5, 5.41) is 0. The molecule has 3 aromatic carbocycles. The summed E-state index contributed by atoms with van der Waals surface area (Å²) in [7, 11) is 0. The summed E-state index contributed by atoms with van der Waals surface area (Å²) in [6.07, 6.45) is 0. The van der Waals surface area contributed by atoms with Gasteiger partial charge in [-0.2, -0.15) is 0 Å². The first-order chi connectivity index (χ1) is 16.0. The minimum absolute atomic E-state index is 0. The van der Waals surface area contributed by atoms with E-state index in [1.54, 1.807) is 0 Å². The molecular formula is C34H66W. The molecule has 208 valence electrons. The molecule has 0 unspecified atom stereocenters. The van der Waals surface area contributed by atoms with Gasteiger partial charge in [-0.25, -0.2) is 0 Å². The van der Waals surface area contributed by atoms with Crippen LogP contribution in [0.1, 0.15) is 96.9 Å². The molecule has 0 spiro atoms. The maximum absolute atomic E-state index is 2.00. The van der Waals surface area contributed by atoms with Crippen LogP contribution in [0.25, 0.3) is 0 Å². The SMILES string of the molecule is CC.CC.CC.CC.CC.CC.CC.[CH3-].[CH3-].[W+2].c1ccccc1.c1ccccc1.c1ccccc1. The van der Waals surface area contributed by atoms with E-state index in [4.69, 9.17) is 0 Å². The van der Waals surface area contributed by atoms with E-state index in [2.05, 4.69) is 0 Å². The molecule has 0 aliphatic heterocycles. The second-order valence-electron chi connectivity index (χ2n) is 3.46. The third-order valence-corrected chi connectivity index (χ3v) is 2.00. The average molecular weight is 659 g/mol. The molecule has 0 N–H and O–H groups in total. The Bertz CT molecular complexity index is 297. The molecule has 3 aromatic rings. The average Bonchev–Trinajstić information content (AvgIpc) is 3.00. The summed E-state index contributed by atoms with van der Waals surface area (Å²) >= 11 is 0. The van der Waals surface area contributed by atoms with Gasteiger partial charge in [0.05, 0.1) is 0 Å². The number of benzene rings is 3. The van der Waals surface area contributed by atoms with E-state index in [1.807, 2.05) is 206 Å². The van der Waals surface area contributed by atoms with Crippen LogP contribution in [-0.4, -0.2) is 0 Å². The van der Waals surface area contributed by atoms with Crippen molar-refractivity contribution < 1.29 is 21.1 Å². The van der Waals surface area contributed by atoms with Crippen LogP contribution in [0, 0.1) is 14.9 Å². The van der Waals surface area contributed by atoms with Crippen LogP contribution in [0.3, 0.4) is 0 Å². The molecular weight excluding hydrogens is 592 g/mol. The molecule has 0 saturated carbocycles. The van der Waals surface area contributed by atoms with Crippen molar-refractivity contribution in [3.8, 4) is 0 Å². The monoisotopic (exact) mass is 658 g/mol. The van der Waals surface area contributed by atoms with Gasteiger partial charge in [0, 0.05) is 0 Å². The molecule has 0 nitrogen and oxygen atoms in total. The van der Waals surface area contributed by atoms with Crippen LogP contribution in [0.15, 0.2) is 109 Å². The van der Waals surface area contributed by atoms with Gasteiger partial charge in [0.25, 0.3) is 0 Å². The Morgan fingerprint density at radius 3 is 0.229 bits per heavy atom. The molecule has 0 aliphatic carbocycles. The van der Waals surface area contributed by atoms with Crippen molar-refractivity contribution in [1.29, 1.82) is 0 Å². The van der Waals surface area contributed by atoms with Gasteiger partial charge in [-0.15, -0.1) is 0 Å². The topological polar surface area (TPSA) is 0 Å². The predicted molar refractivity (Wildman–Crippen MR) is 172 cm³/mol. The Hall–Kier alpha value is -1.65. The van der Waals surface area contributed by atoms with Crippen molar-refractivity contribution in [3.63, 3.8) is 0 Å². The Labute approximate surface area is 241 Å². The number of rotatable bonds is 0. The first-order valence-electron chi connectivity index (χ1n) is 13.0. The molecule has 35 heavy (non-hydrogen) atoms. The third kappa shape index (κ3) is 111. The van der Waals surface area contributed by atoms with Gasteiger partial charge in [0.1, 0.15) is 0 Å². The van der Waals surface area contributed by atoms with Crippen LogP contribution in [0.5, 0.6) is 0 Å². The van der Waals surface area contributed by atoms with Gasteiger partial charge in [0.15, 0.2) is 0 Å². The third-order valence-electron chi connectivity index (χ3n) is 2.00. The second kappa shape index (κ2) is 119. The number of hydrogen-bond donors (Lipinski definition) is 0. The van der Waals surface area contributed by atoms with Crippen molar-refractivity contribution in [3.05, 3.63) is 124 Å². The zero-order valence-corrected chi connectivity index (χ0v) is 29.7. The summed E-state index contributed by atoms with van der Waals surface area (Å²) in [4.78, 5) is 0. The second-order valence-corrected chi connectivity index (χ2v) is 3.46. The Kier molecular flexibility index (Phi) is 218. The van der Waals surface area contributed by atoms with Gasteiger partial charge in [-0.1, -0.05) is 206 Å². The van der Waals surface area contributed by atoms with Crippen LogP contribution < -0.4 is 0 Å². The summed E-state index contributed by atoms with van der Waals surface area (Å²) in [5.41, 5.74) is 0. The van der Waals surface area contributed by atoms with Crippen molar-refractivity contribution in [2.75, 3.05) is 0 Å². The van der Waals surface area contributed by atoms with E-state index >= 15 is 0 Å². The molecule has 0 aliphatic rings. The van der Waals surface area contributed by atoms with E-state index in [0.29, 0.717) is 0 Å². The van der Waals surface area contributed by atoms with Gasteiger partial charge >= 0.3 is 21.1 Å². The fraction of sp³-hybridized carbons (Fsp3) is 0.412. The summed E-state index contributed by atoms with van der Waals surface area (Å²) in [6.45, 7) is 28.0. The minimum Gasteiger partial charge on any atom is -0.358 e. The maximum atomic E-state index is 2.00. The summed E-state index contributed by atoms with van der Waals surface area (Å²) in [5.74, 6) is 0. The quantitative estimate of drug-likeness (QED) is 0.211. The smallest absolute Gasteiger partial charge is 0.358 e. The fourth-order valence-corrected chi connectivity index (χ4v) is 1.15. The zero-order valence-electron chi connectivity index (χ0n) is 26.8. The van der Waals surface area contributed by atoms with Crippen LogP contribution in [0.4, 0.5) is 0 Å². The Morgan fingerprint density at radius 1 is 0.171 bits per heavy atom. The number of hydrogen-bond acceptors (Lipinski definition) is 0. The maximum Gasteiger partial charge on any atom is 2.00 e. The molecule has 0 atom stereocenters. The van der Waals surface area contributed by atoms with E-state index in [1.165, 1.54) is 0 Å². The van der Waals surface area contributed by atoms with Crippen molar-refractivity contribution >= 4 is 0 Å². The minimum atomic E-state index is 0. The van der Waals surface area contributed by atoms with Crippen LogP contribution in [-0.2, 0) is 21.1 Å². The van der Waals surface area contributed by atoms with Crippen LogP contribution >= 0.6 is 0 Å². The molecule has 0 fully saturated rings. The largest absolute Gasteiger partial charge is 2.00 e. The fourth-order valence-electron chi connectivity index (χ4n) is 1.15. The first kappa shape index (κ1) is 64.0. The van der Waals surface area contributed by atoms with E-state index in [9.17, 15) is 0 Å². The molecule has 1 heteroatoms. The molecule has 3 rings (SSSR count). The van der Waals surface area contributed by atoms with E-state index in [-0.39, 0.29) is 35.9 Å². The first-order valence-corrected chi connectivity index (χ1v) is 13.0. The van der Waals surface area contributed by atoms with Gasteiger partial charge in [0.2, 0.25) is 0 Å². The normalized spacial score (nSPS) is 5.31. The van der Waals surface area contributed by atoms with Crippen molar-refractivity contribution in [2.24, 2.45) is 0 Å². The van der Waals surface area contributed by atoms with Crippen LogP contribution in [0.2, 0.25) is 0 Å². The van der Waals surface area contributed by atoms with E-state index in [0.717, 1.165) is 0 Å². The molecule has 0 heterocycles. The summed E-state index contributed by atoms with van der Waals surface area (Å²) < 4.78 is 0. The summed E-state index contributed by atoms with van der Waals surface area (Å²) in [6, 6.07) is 36.0. The van der Waals surface area contributed by atoms with Gasteiger partial charge < -0.3 is 14.9 Å². The molecule has 0 radical (unpaired) electrons. The van der Waals surface area contributed by atoms with E-state index < -0.39 is 0 Å². The van der Waals surface area contributed by atoms with Gasteiger partial charge in [-0.3, -0.25) is 0 Å². The Morgan fingerprint density at radius 2 is 0.200 bits per heavy atom. The standard InChI is InChI=1S/3C6H6.7C2H6.2CH3.W/c3*1-2-4-6-5-3-1;7*1-2;;;/h3*1-6H;7*1-2H3;2*1H3;/q;;;;;;;;;;2*-1;+2. The zero-order chi connectivity index (χ0) is 26.7. The predicted octanol–water partition coefficient (Wildman–Crippen LogP) is 13.1. The molecule has 0 saturated heterocycles. The van der Waals surface area contributed by atoms with Crippen molar-refractivity contribution in [1.82, 2.24) is 0 Å². The molecule has 0 amide bonds. The van der Waals surface area contributed by atoms with Crippen molar-refractivity contribution in [2.45, 2.75) is 96.9 Å². The Balaban J connectivity index is -0.0000000260.